The van der Waals surface area contributed by atoms with E-state index in [1.165, 1.54) is 20.3 Å². The normalized spacial score (nSPS) is 10.7. The first kappa shape index (κ1) is 17.1. The average molecular weight is 323 g/mol. The summed E-state index contributed by atoms with van der Waals surface area (Å²) in [4.78, 5) is 12.6. The zero-order chi connectivity index (χ0) is 17.5. The molecule has 2 aromatic carbocycles. The van der Waals surface area contributed by atoms with Crippen molar-refractivity contribution in [2.45, 2.75) is 0 Å². The fraction of sp³-hybridized carbons (Fsp3) is 0.158. The van der Waals surface area contributed by atoms with Crippen molar-refractivity contribution < 1.29 is 19.0 Å². The van der Waals surface area contributed by atoms with E-state index >= 15 is 0 Å². The lowest BCUT2D eigenvalue weighted by molar-refractivity contribution is 0.103. The van der Waals surface area contributed by atoms with Gasteiger partial charge in [-0.3, -0.25) is 4.79 Å². The smallest absolute Gasteiger partial charge is 0.207 e. The van der Waals surface area contributed by atoms with Crippen LogP contribution in [0.5, 0.6) is 17.2 Å². The number of carbonyl (C=O) groups excluding carboxylic acids is 1. The Morgan fingerprint density at radius 3 is 2.33 bits per heavy atom. The molecule has 0 bridgehead atoms. The molecule has 0 aliphatic carbocycles. The van der Waals surface area contributed by atoms with Gasteiger partial charge in [0.25, 0.3) is 0 Å². The average Bonchev–Trinajstić information content (AvgIpc) is 2.65. The second-order valence-corrected chi connectivity index (χ2v) is 4.81. The second kappa shape index (κ2) is 7.84. The first-order chi connectivity index (χ1) is 11.6. The van der Waals surface area contributed by atoms with Crippen molar-refractivity contribution in [1.29, 1.82) is 5.26 Å². The lowest BCUT2D eigenvalue weighted by atomic mass is 10.0. The zero-order valence-corrected chi connectivity index (χ0v) is 13.7. The fourth-order valence-corrected chi connectivity index (χ4v) is 2.22. The number of nitriles is 1. The molecule has 0 amide bonds. The molecule has 5 nitrogen and oxygen atoms in total. The summed E-state index contributed by atoms with van der Waals surface area (Å²) in [7, 11) is 4.55. The molecule has 0 unspecified atom stereocenters. The van der Waals surface area contributed by atoms with E-state index in [9.17, 15) is 10.1 Å². The molecule has 5 heteroatoms. The van der Waals surface area contributed by atoms with Crippen LogP contribution in [0.3, 0.4) is 0 Å². The number of nitrogens with zero attached hydrogens (tertiary/aromatic N) is 1. The van der Waals surface area contributed by atoms with Gasteiger partial charge in [-0.25, -0.2) is 0 Å². The number of carbonyl (C=O) groups is 1. The lowest BCUT2D eigenvalue weighted by Gasteiger charge is -2.09. The quantitative estimate of drug-likeness (QED) is 0.462. The molecule has 0 spiro atoms. The van der Waals surface area contributed by atoms with Gasteiger partial charge in [0, 0.05) is 11.6 Å². The van der Waals surface area contributed by atoms with E-state index in [1.54, 1.807) is 49.6 Å². The first-order valence-electron chi connectivity index (χ1n) is 7.16. The van der Waals surface area contributed by atoms with Gasteiger partial charge in [0.2, 0.25) is 5.78 Å². The maximum absolute atomic E-state index is 12.6. The highest BCUT2D eigenvalue weighted by atomic mass is 16.5. The third-order valence-corrected chi connectivity index (χ3v) is 3.46. The minimum atomic E-state index is -0.409. The number of ketones is 1. The van der Waals surface area contributed by atoms with Crippen molar-refractivity contribution >= 4 is 11.9 Å². The van der Waals surface area contributed by atoms with Crippen molar-refractivity contribution in [3.8, 4) is 23.3 Å². The molecule has 2 aromatic rings. The van der Waals surface area contributed by atoms with E-state index in [1.807, 2.05) is 6.07 Å². The Kier molecular flexibility index (Phi) is 5.58. The summed E-state index contributed by atoms with van der Waals surface area (Å²) in [5.74, 6) is 1.15. The largest absolute Gasteiger partial charge is 0.497 e. The maximum atomic E-state index is 12.6. The fourth-order valence-electron chi connectivity index (χ4n) is 2.22. The van der Waals surface area contributed by atoms with Crippen LogP contribution in [0.2, 0.25) is 0 Å². The maximum Gasteiger partial charge on any atom is 0.207 e. The van der Waals surface area contributed by atoms with Gasteiger partial charge >= 0.3 is 0 Å². The molecule has 0 aromatic heterocycles. The topological polar surface area (TPSA) is 68.5 Å². The lowest BCUT2D eigenvalue weighted by Crippen LogP contribution is -2.04. The number of allylic oxidation sites excluding steroid dienone is 1. The number of hydrogen-bond donors (Lipinski definition) is 0. The number of Topliss-reactive ketones (excluding diaryl/α,β-unsaturated/α-hetero) is 1. The highest BCUT2D eigenvalue weighted by molar-refractivity contribution is 6.15. The van der Waals surface area contributed by atoms with Gasteiger partial charge in [0.1, 0.15) is 28.9 Å². The van der Waals surface area contributed by atoms with Gasteiger partial charge in [-0.15, -0.1) is 0 Å². The number of benzene rings is 2. The Bertz CT molecular complexity index is 818. The minimum absolute atomic E-state index is 0.0111. The van der Waals surface area contributed by atoms with E-state index in [0.717, 1.165) is 0 Å². The van der Waals surface area contributed by atoms with E-state index < -0.39 is 5.78 Å². The number of ether oxygens (including phenoxy) is 3. The summed E-state index contributed by atoms with van der Waals surface area (Å²) in [6, 6.07) is 13.9. The zero-order valence-electron chi connectivity index (χ0n) is 13.7. The number of methoxy groups -OCH3 is 3. The van der Waals surface area contributed by atoms with Crippen LogP contribution in [-0.2, 0) is 0 Å². The van der Waals surface area contributed by atoms with Crippen LogP contribution in [0.4, 0.5) is 0 Å². The van der Waals surface area contributed by atoms with Crippen molar-refractivity contribution in [1.82, 2.24) is 0 Å². The van der Waals surface area contributed by atoms with Crippen molar-refractivity contribution in [2.24, 2.45) is 0 Å². The molecule has 24 heavy (non-hydrogen) atoms. The summed E-state index contributed by atoms with van der Waals surface area (Å²) in [6.07, 6.45) is 1.49. The molecule has 0 atom stereocenters. The van der Waals surface area contributed by atoms with Crippen LogP contribution in [0.25, 0.3) is 6.08 Å². The predicted octanol–water partition coefficient (Wildman–Crippen LogP) is 3.50. The molecule has 0 saturated heterocycles. The van der Waals surface area contributed by atoms with Crippen LogP contribution in [0.1, 0.15) is 15.9 Å². The summed E-state index contributed by atoms with van der Waals surface area (Å²) in [6.45, 7) is 0. The third-order valence-electron chi connectivity index (χ3n) is 3.46. The summed E-state index contributed by atoms with van der Waals surface area (Å²) >= 11 is 0. The Morgan fingerprint density at radius 2 is 1.71 bits per heavy atom. The first-order valence-corrected chi connectivity index (χ1v) is 7.16. The molecule has 0 radical (unpaired) electrons. The molecule has 0 aliphatic heterocycles. The van der Waals surface area contributed by atoms with Crippen molar-refractivity contribution in [3.05, 3.63) is 59.2 Å². The van der Waals surface area contributed by atoms with Crippen LogP contribution in [-0.4, -0.2) is 27.1 Å². The van der Waals surface area contributed by atoms with Gasteiger partial charge in [0.15, 0.2) is 0 Å². The van der Waals surface area contributed by atoms with Gasteiger partial charge in [-0.2, -0.15) is 5.26 Å². The molecule has 0 aliphatic rings. The number of para-hydroxylation sites is 1. The van der Waals surface area contributed by atoms with Crippen LogP contribution >= 0.6 is 0 Å². The summed E-state index contributed by atoms with van der Waals surface area (Å²) in [5.41, 5.74) is 0.932. The molecule has 0 fully saturated rings. The summed E-state index contributed by atoms with van der Waals surface area (Å²) in [5, 5.41) is 9.40. The van der Waals surface area contributed by atoms with Gasteiger partial charge in [-0.05, 0) is 30.3 Å². The van der Waals surface area contributed by atoms with Crippen LogP contribution in [0.15, 0.2) is 48.0 Å². The molecule has 0 N–H and O–H groups in total. The Balaban J connectivity index is 2.47. The molecule has 0 heterocycles. The van der Waals surface area contributed by atoms with Crippen LogP contribution < -0.4 is 14.2 Å². The third kappa shape index (κ3) is 3.55. The minimum Gasteiger partial charge on any atom is -0.497 e. The van der Waals surface area contributed by atoms with E-state index in [-0.39, 0.29) is 5.57 Å². The van der Waals surface area contributed by atoms with E-state index in [2.05, 4.69) is 0 Å². The van der Waals surface area contributed by atoms with Crippen LogP contribution in [0, 0.1) is 11.3 Å². The van der Waals surface area contributed by atoms with Gasteiger partial charge < -0.3 is 14.2 Å². The van der Waals surface area contributed by atoms with E-state index in [0.29, 0.717) is 28.4 Å². The SMILES string of the molecule is COc1ccc(/C=C(/C#N)C(=O)c2ccccc2OC)c(OC)c1. The number of hydrogen-bond acceptors (Lipinski definition) is 5. The Labute approximate surface area is 140 Å². The second-order valence-electron chi connectivity index (χ2n) is 4.81. The molecular formula is C19H17NO4. The molecular weight excluding hydrogens is 306 g/mol. The molecule has 122 valence electrons. The van der Waals surface area contributed by atoms with Gasteiger partial charge in [0.05, 0.1) is 26.9 Å². The highest BCUT2D eigenvalue weighted by Gasteiger charge is 2.17. The monoisotopic (exact) mass is 323 g/mol. The number of rotatable bonds is 6. The summed E-state index contributed by atoms with van der Waals surface area (Å²) < 4.78 is 15.6. The Hall–Kier alpha value is -3.26. The molecule has 0 saturated carbocycles. The highest BCUT2D eigenvalue weighted by Crippen LogP contribution is 2.28. The molecule has 2 rings (SSSR count). The van der Waals surface area contributed by atoms with Crippen molar-refractivity contribution in [2.75, 3.05) is 21.3 Å². The Morgan fingerprint density at radius 1 is 1.00 bits per heavy atom. The predicted molar refractivity (Wildman–Crippen MR) is 90.5 cm³/mol. The standard InChI is InChI=1S/C19H17NO4/c1-22-15-9-8-13(18(11-15)24-3)10-14(12-20)19(21)16-6-4-5-7-17(16)23-2/h4-11H,1-3H3/b14-10-. The van der Waals surface area contributed by atoms with Crippen molar-refractivity contribution in [3.63, 3.8) is 0 Å². The van der Waals surface area contributed by atoms with Gasteiger partial charge in [-0.1, -0.05) is 12.1 Å². The van der Waals surface area contributed by atoms with E-state index in [4.69, 9.17) is 14.2 Å².